The van der Waals surface area contributed by atoms with Crippen LogP contribution in [0.3, 0.4) is 0 Å². The van der Waals surface area contributed by atoms with E-state index in [1.165, 1.54) is 17.5 Å². The molecule has 0 aliphatic heterocycles. The van der Waals surface area contributed by atoms with Gasteiger partial charge in [-0.25, -0.2) is 0 Å². The molecule has 1 aliphatic carbocycles. The minimum Gasteiger partial charge on any atom is -0.486 e. The largest absolute Gasteiger partial charge is 0.486 e. The zero-order valence-corrected chi connectivity index (χ0v) is 12.3. The summed E-state index contributed by atoms with van der Waals surface area (Å²) in [5, 5.41) is 11.2. The molecule has 5 nitrogen and oxygen atoms in total. The number of aliphatic hydroxyl groups is 1. The number of carbonyl (C=O) groups excluding carboxylic acids is 1. The lowest BCUT2D eigenvalue weighted by atomic mass is 10.1. The summed E-state index contributed by atoms with van der Waals surface area (Å²) >= 11 is 0. The molecular weight excluding hydrogens is 282 g/mol. The van der Waals surface area contributed by atoms with Crippen LogP contribution in [-0.2, 0) is 19.4 Å². The zero-order valence-electron chi connectivity index (χ0n) is 12.3. The Morgan fingerprint density at radius 1 is 1.23 bits per heavy atom. The van der Waals surface area contributed by atoms with Crippen molar-refractivity contribution < 1.29 is 19.1 Å². The third-order valence-corrected chi connectivity index (χ3v) is 3.73. The van der Waals surface area contributed by atoms with Crippen LogP contribution in [0.1, 0.15) is 33.9 Å². The highest BCUT2D eigenvalue weighted by molar-refractivity contribution is 5.91. The molecule has 3 rings (SSSR count). The van der Waals surface area contributed by atoms with E-state index in [1.54, 1.807) is 12.1 Å². The van der Waals surface area contributed by atoms with Gasteiger partial charge in [0.05, 0.1) is 6.61 Å². The van der Waals surface area contributed by atoms with Crippen LogP contribution in [0.2, 0.25) is 0 Å². The van der Waals surface area contributed by atoms with Crippen LogP contribution in [0.25, 0.3) is 0 Å². The lowest BCUT2D eigenvalue weighted by Crippen LogP contribution is -2.25. The van der Waals surface area contributed by atoms with Crippen LogP contribution in [0.5, 0.6) is 5.75 Å². The topological polar surface area (TPSA) is 71.7 Å². The third-order valence-electron chi connectivity index (χ3n) is 3.73. The Bertz CT molecular complexity index is 662. The van der Waals surface area contributed by atoms with Gasteiger partial charge in [-0.1, -0.05) is 6.07 Å². The number of aryl methyl sites for hydroxylation is 2. The Kier molecular flexibility index (Phi) is 4.44. The molecule has 2 aromatic rings. The van der Waals surface area contributed by atoms with Crippen LogP contribution >= 0.6 is 0 Å². The van der Waals surface area contributed by atoms with Gasteiger partial charge in [0.15, 0.2) is 5.76 Å². The van der Waals surface area contributed by atoms with Gasteiger partial charge in [-0.3, -0.25) is 4.79 Å². The van der Waals surface area contributed by atoms with E-state index in [2.05, 4.69) is 17.4 Å². The number of furan rings is 1. The van der Waals surface area contributed by atoms with Crippen LogP contribution in [0, 0.1) is 0 Å². The van der Waals surface area contributed by atoms with Crippen molar-refractivity contribution in [2.24, 2.45) is 0 Å². The van der Waals surface area contributed by atoms with Gasteiger partial charge in [-0.2, -0.15) is 0 Å². The molecule has 5 heteroatoms. The summed E-state index contributed by atoms with van der Waals surface area (Å²) in [4.78, 5) is 11.7. The van der Waals surface area contributed by atoms with Gasteiger partial charge < -0.3 is 19.6 Å². The average Bonchev–Trinajstić information content (AvgIpc) is 3.18. The maximum Gasteiger partial charge on any atom is 0.287 e. The summed E-state index contributed by atoms with van der Waals surface area (Å²) in [6.07, 6.45) is 3.48. The van der Waals surface area contributed by atoms with E-state index < -0.39 is 0 Å². The second-order valence-corrected chi connectivity index (χ2v) is 5.32. The highest BCUT2D eigenvalue weighted by atomic mass is 16.5. The maximum absolute atomic E-state index is 11.7. The first-order valence-corrected chi connectivity index (χ1v) is 7.48. The average molecular weight is 301 g/mol. The van der Waals surface area contributed by atoms with Crippen LogP contribution in [-0.4, -0.2) is 24.2 Å². The number of rotatable bonds is 6. The number of amides is 1. The first kappa shape index (κ1) is 14.7. The monoisotopic (exact) mass is 301 g/mol. The number of ether oxygens (including phenoxy) is 1. The number of benzene rings is 1. The first-order chi connectivity index (χ1) is 10.8. The van der Waals surface area contributed by atoms with Crippen molar-refractivity contribution in [3.63, 3.8) is 0 Å². The van der Waals surface area contributed by atoms with E-state index in [0.717, 1.165) is 18.6 Å². The molecular formula is C17H19NO4. The summed E-state index contributed by atoms with van der Waals surface area (Å²) in [6.45, 7) is 0.396. The molecule has 0 saturated heterocycles. The third kappa shape index (κ3) is 3.31. The normalized spacial score (nSPS) is 13.0. The van der Waals surface area contributed by atoms with Crippen molar-refractivity contribution in [3.05, 3.63) is 53.0 Å². The number of aliphatic hydroxyl groups excluding tert-OH is 1. The minimum absolute atomic E-state index is 0.0965. The van der Waals surface area contributed by atoms with Gasteiger partial charge in [0.1, 0.15) is 18.1 Å². The SMILES string of the molecule is O=C(NCCO)c1ccc(COc2ccc3c(c2)CCC3)o1. The van der Waals surface area contributed by atoms with Crippen molar-refractivity contribution in [1.82, 2.24) is 5.32 Å². The predicted molar refractivity (Wildman–Crippen MR) is 80.9 cm³/mol. The highest BCUT2D eigenvalue weighted by Gasteiger charge is 2.13. The maximum atomic E-state index is 11.7. The molecule has 0 fully saturated rings. The lowest BCUT2D eigenvalue weighted by Gasteiger charge is -2.06. The van der Waals surface area contributed by atoms with Crippen molar-refractivity contribution in [2.75, 3.05) is 13.2 Å². The van der Waals surface area contributed by atoms with E-state index in [4.69, 9.17) is 14.3 Å². The molecule has 2 N–H and O–H groups in total. The molecule has 1 heterocycles. The van der Waals surface area contributed by atoms with Gasteiger partial charge in [0.25, 0.3) is 5.91 Å². The number of carbonyl (C=O) groups is 1. The Labute approximate surface area is 128 Å². The van der Waals surface area contributed by atoms with Crippen LogP contribution in [0.4, 0.5) is 0 Å². The number of nitrogens with one attached hydrogen (secondary N) is 1. The first-order valence-electron chi connectivity index (χ1n) is 7.48. The van der Waals surface area contributed by atoms with Gasteiger partial charge in [-0.15, -0.1) is 0 Å². The fraction of sp³-hybridized carbons (Fsp3) is 0.353. The molecule has 1 aliphatic rings. The summed E-state index contributed by atoms with van der Waals surface area (Å²) in [5.74, 6) is 1.30. The number of hydrogen-bond donors (Lipinski definition) is 2. The molecule has 1 aromatic heterocycles. The van der Waals surface area contributed by atoms with Gasteiger partial charge >= 0.3 is 0 Å². The molecule has 0 saturated carbocycles. The Morgan fingerprint density at radius 3 is 2.95 bits per heavy atom. The molecule has 0 spiro atoms. The molecule has 0 radical (unpaired) electrons. The van der Waals surface area contributed by atoms with Crippen molar-refractivity contribution in [1.29, 1.82) is 0 Å². The molecule has 1 aromatic carbocycles. The van der Waals surface area contributed by atoms with Crippen LogP contribution < -0.4 is 10.1 Å². The smallest absolute Gasteiger partial charge is 0.287 e. The molecule has 0 atom stereocenters. The molecule has 0 unspecified atom stereocenters. The van der Waals surface area contributed by atoms with E-state index in [-0.39, 0.29) is 31.4 Å². The van der Waals surface area contributed by atoms with Crippen LogP contribution in [0.15, 0.2) is 34.7 Å². The van der Waals surface area contributed by atoms with Crippen molar-refractivity contribution >= 4 is 5.91 Å². The Morgan fingerprint density at radius 2 is 2.09 bits per heavy atom. The predicted octanol–water partition coefficient (Wildman–Crippen LogP) is 2.07. The zero-order chi connectivity index (χ0) is 15.4. The molecule has 116 valence electrons. The number of fused-ring (bicyclic) bond motifs is 1. The minimum atomic E-state index is -0.335. The quantitative estimate of drug-likeness (QED) is 0.857. The molecule has 0 bridgehead atoms. The molecule has 1 amide bonds. The standard InChI is InChI=1S/C17H19NO4/c19-9-8-18-17(20)16-7-6-15(22-16)11-21-14-5-4-12-2-1-3-13(12)10-14/h4-7,10,19H,1-3,8-9,11H2,(H,18,20). The summed E-state index contributed by atoms with van der Waals surface area (Å²) in [5.41, 5.74) is 2.77. The van der Waals surface area contributed by atoms with Gasteiger partial charge in [0.2, 0.25) is 0 Å². The Balaban J connectivity index is 1.58. The van der Waals surface area contributed by atoms with E-state index in [0.29, 0.717) is 5.76 Å². The summed E-state index contributed by atoms with van der Waals surface area (Å²) in [6, 6.07) is 9.50. The summed E-state index contributed by atoms with van der Waals surface area (Å²) < 4.78 is 11.2. The van der Waals surface area contributed by atoms with Gasteiger partial charge in [0, 0.05) is 6.54 Å². The number of hydrogen-bond acceptors (Lipinski definition) is 4. The van der Waals surface area contributed by atoms with E-state index in [9.17, 15) is 4.79 Å². The fourth-order valence-electron chi connectivity index (χ4n) is 2.63. The van der Waals surface area contributed by atoms with Gasteiger partial charge in [-0.05, 0) is 54.7 Å². The van der Waals surface area contributed by atoms with E-state index in [1.807, 2.05) is 6.07 Å². The second-order valence-electron chi connectivity index (χ2n) is 5.32. The van der Waals surface area contributed by atoms with Crippen molar-refractivity contribution in [3.8, 4) is 5.75 Å². The summed E-state index contributed by atoms with van der Waals surface area (Å²) in [7, 11) is 0. The highest BCUT2D eigenvalue weighted by Crippen LogP contribution is 2.26. The second kappa shape index (κ2) is 6.66. The van der Waals surface area contributed by atoms with Crippen molar-refractivity contribution in [2.45, 2.75) is 25.9 Å². The fourth-order valence-corrected chi connectivity index (χ4v) is 2.63. The Hall–Kier alpha value is -2.27. The van der Waals surface area contributed by atoms with E-state index >= 15 is 0 Å². The lowest BCUT2D eigenvalue weighted by molar-refractivity contribution is 0.0913. The molecule has 22 heavy (non-hydrogen) atoms.